The van der Waals surface area contributed by atoms with Crippen LogP contribution >= 0.6 is 0 Å². The van der Waals surface area contributed by atoms with Crippen LogP contribution in [0.2, 0.25) is 0 Å². The highest BCUT2D eigenvalue weighted by Gasteiger charge is 2.25. The summed E-state index contributed by atoms with van der Waals surface area (Å²) in [5.41, 5.74) is 0.984. The van der Waals surface area contributed by atoms with Crippen molar-refractivity contribution in [2.45, 2.75) is 39.0 Å². The Morgan fingerprint density at radius 2 is 1.95 bits per heavy atom. The fraction of sp³-hybridized carbons (Fsp3) is 0.500. The standard InChI is InChI=1S/C14H20N2O2S/c1-4-9-16(12(2)3)19(17,18)11-14-8-6-5-7-13(14)10-15/h5-8,12H,4,9,11H2,1-3H3. The molecule has 0 aromatic heterocycles. The van der Waals surface area contributed by atoms with Gasteiger partial charge in [0.25, 0.3) is 0 Å². The van der Waals surface area contributed by atoms with E-state index in [1.54, 1.807) is 24.3 Å². The van der Waals surface area contributed by atoms with Crippen molar-refractivity contribution in [1.82, 2.24) is 4.31 Å². The van der Waals surface area contributed by atoms with Gasteiger partial charge in [-0.05, 0) is 31.9 Å². The van der Waals surface area contributed by atoms with Gasteiger partial charge >= 0.3 is 0 Å². The predicted molar refractivity (Wildman–Crippen MR) is 75.9 cm³/mol. The molecule has 0 bridgehead atoms. The molecule has 0 spiro atoms. The molecule has 0 N–H and O–H groups in total. The minimum absolute atomic E-state index is 0.0702. The Morgan fingerprint density at radius 1 is 1.32 bits per heavy atom. The van der Waals surface area contributed by atoms with E-state index in [0.717, 1.165) is 6.42 Å². The van der Waals surface area contributed by atoms with Crippen LogP contribution in [0.3, 0.4) is 0 Å². The summed E-state index contributed by atoms with van der Waals surface area (Å²) in [5, 5.41) is 9.01. The summed E-state index contributed by atoms with van der Waals surface area (Å²) in [6.07, 6.45) is 0.775. The minimum atomic E-state index is -3.39. The van der Waals surface area contributed by atoms with E-state index in [2.05, 4.69) is 0 Å². The van der Waals surface area contributed by atoms with Crippen LogP contribution < -0.4 is 0 Å². The van der Waals surface area contributed by atoms with Crippen LogP contribution in [0.25, 0.3) is 0 Å². The zero-order valence-corrected chi connectivity index (χ0v) is 12.4. The van der Waals surface area contributed by atoms with Gasteiger partial charge in [-0.2, -0.15) is 9.57 Å². The van der Waals surface area contributed by atoms with Gasteiger partial charge in [-0.15, -0.1) is 0 Å². The lowest BCUT2D eigenvalue weighted by atomic mass is 10.1. The maximum atomic E-state index is 12.4. The summed E-state index contributed by atoms with van der Waals surface area (Å²) < 4.78 is 26.3. The topological polar surface area (TPSA) is 61.2 Å². The summed E-state index contributed by atoms with van der Waals surface area (Å²) in [7, 11) is -3.39. The van der Waals surface area contributed by atoms with Crippen molar-refractivity contribution in [3.8, 4) is 6.07 Å². The molecule has 5 heteroatoms. The van der Waals surface area contributed by atoms with Crippen molar-refractivity contribution in [2.75, 3.05) is 6.54 Å². The molecule has 0 unspecified atom stereocenters. The largest absolute Gasteiger partial charge is 0.218 e. The van der Waals surface area contributed by atoms with Gasteiger partial charge in [0.05, 0.1) is 17.4 Å². The molecule has 0 radical (unpaired) electrons. The van der Waals surface area contributed by atoms with Gasteiger partial charge in [-0.25, -0.2) is 8.42 Å². The Kier molecular flexibility index (Phi) is 5.52. The Bertz CT molecular complexity index is 559. The molecule has 0 aliphatic carbocycles. The Hall–Kier alpha value is -1.38. The fourth-order valence-electron chi connectivity index (χ4n) is 1.97. The van der Waals surface area contributed by atoms with Gasteiger partial charge in [0.1, 0.15) is 0 Å². The molecular weight excluding hydrogens is 260 g/mol. The number of nitriles is 1. The molecule has 0 atom stereocenters. The summed E-state index contributed by atoms with van der Waals surface area (Å²) in [6, 6.07) is 8.80. The highest BCUT2D eigenvalue weighted by Crippen LogP contribution is 2.17. The van der Waals surface area contributed by atoms with Gasteiger partial charge < -0.3 is 0 Å². The summed E-state index contributed by atoms with van der Waals surface area (Å²) >= 11 is 0. The second-order valence-electron chi connectivity index (χ2n) is 4.73. The molecule has 0 saturated heterocycles. The Morgan fingerprint density at radius 3 is 2.47 bits per heavy atom. The first-order chi connectivity index (χ1) is 8.92. The molecular formula is C14H20N2O2S. The van der Waals surface area contributed by atoms with Gasteiger partial charge in [0.15, 0.2) is 0 Å². The van der Waals surface area contributed by atoms with Crippen LogP contribution in [0.15, 0.2) is 24.3 Å². The lowest BCUT2D eigenvalue weighted by Crippen LogP contribution is -2.38. The van der Waals surface area contributed by atoms with Crippen molar-refractivity contribution in [2.24, 2.45) is 0 Å². The third kappa shape index (κ3) is 4.05. The number of nitrogens with zero attached hydrogens (tertiary/aromatic N) is 2. The van der Waals surface area contributed by atoms with E-state index in [0.29, 0.717) is 17.7 Å². The second-order valence-corrected chi connectivity index (χ2v) is 6.65. The van der Waals surface area contributed by atoms with E-state index in [-0.39, 0.29) is 11.8 Å². The predicted octanol–water partition coefficient (Wildman–Crippen LogP) is 2.51. The van der Waals surface area contributed by atoms with Crippen LogP contribution in [0, 0.1) is 11.3 Å². The fourth-order valence-corrected chi connectivity index (χ4v) is 3.89. The maximum Gasteiger partial charge on any atom is 0.218 e. The van der Waals surface area contributed by atoms with Gasteiger partial charge in [0.2, 0.25) is 10.0 Å². The monoisotopic (exact) mass is 280 g/mol. The summed E-state index contributed by atoms with van der Waals surface area (Å²) in [4.78, 5) is 0. The van der Waals surface area contributed by atoms with Crippen molar-refractivity contribution in [1.29, 1.82) is 5.26 Å². The number of rotatable bonds is 6. The average Bonchev–Trinajstić information content (AvgIpc) is 2.35. The maximum absolute atomic E-state index is 12.4. The zero-order valence-electron chi connectivity index (χ0n) is 11.6. The zero-order chi connectivity index (χ0) is 14.5. The first-order valence-corrected chi connectivity index (χ1v) is 8.00. The quantitative estimate of drug-likeness (QED) is 0.804. The number of sulfonamides is 1. The Labute approximate surface area is 115 Å². The second kappa shape index (κ2) is 6.69. The normalized spacial score (nSPS) is 11.8. The van der Waals surface area contributed by atoms with Crippen LogP contribution in [0.1, 0.15) is 38.3 Å². The molecule has 1 aromatic carbocycles. The minimum Gasteiger partial charge on any atom is -0.212 e. The third-order valence-corrected chi connectivity index (χ3v) is 4.85. The number of benzene rings is 1. The van der Waals surface area contributed by atoms with E-state index in [1.807, 2.05) is 26.8 Å². The van der Waals surface area contributed by atoms with Gasteiger partial charge in [-0.3, -0.25) is 0 Å². The first kappa shape index (κ1) is 15.7. The summed E-state index contributed by atoms with van der Waals surface area (Å²) in [6.45, 7) is 6.19. The van der Waals surface area contributed by atoms with Crippen LogP contribution in [0.4, 0.5) is 0 Å². The van der Waals surface area contributed by atoms with Crippen molar-refractivity contribution in [3.05, 3.63) is 35.4 Å². The lowest BCUT2D eigenvalue weighted by Gasteiger charge is -2.25. The molecule has 0 amide bonds. The number of hydrogen-bond acceptors (Lipinski definition) is 3. The smallest absolute Gasteiger partial charge is 0.212 e. The van der Waals surface area contributed by atoms with Crippen molar-refractivity contribution < 1.29 is 8.42 Å². The molecule has 104 valence electrons. The summed E-state index contributed by atoms with van der Waals surface area (Å²) in [5.74, 6) is -0.116. The molecule has 1 rings (SSSR count). The SMILES string of the molecule is CCCN(C(C)C)S(=O)(=O)Cc1ccccc1C#N. The van der Waals surface area contributed by atoms with Gasteiger partial charge in [0, 0.05) is 12.6 Å². The first-order valence-electron chi connectivity index (χ1n) is 6.40. The van der Waals surface area contributed by atoms with E-state index < -0.39 is 10.0 Å². The highest BCUT2D eigenvalue weighted by molar-refractivity contribution is 7.88. The molecule has 0 fully saturated rings. The van der Waals surface area contributed by atoms with E-state index in [4.69, 9.17) is 5.26 Å². The van der Waals surface area contributed by atoms with E-state index >= 15 is 0 Å². The van der Waals surface area contributed by atoms with Crippen LogP contribution in [-0.2, 0) is 15.8 Å². The molecule has 4 nitrogen and oxygen atoms in total. The molecule has 0 aliphatic rings. The van der Waals surface area contributed by atoms with E-state index in [1.165, 1.54) is 4.31 Å². The average molecular weight is 280 g/mol. The molecule has 0 aliphatic heterocycles. The van der Waals surface area contributed by atoms with Crippen molar-refractivity contribution >= 4 is 10.0 Å². The van der Waals surface area contributed by atoms with Crippen LogP contribution in [-0.4, -0.2) is 25.3 Å². The van der Waals surface area contributed by atoms with Gasteiger partial charge in [-0.1, -0.05) is 25.1 Å². The van der Waals surface area contributed by atoms with Crippen LogP contribution in [0.5, 0.6) is 0 Å². The van der Waals surface area contributed by atoms with Crippen molar-refractivity contribution in [3.63, 3.8) is 0 Å². The Balaban J connectivity index is 3.05. The molecule has 0 saturated carbocycles. The molecule has 0 heterocycles. The molecule has 1 aromatic rings. The molecule has 19 heavy (non-hydrogen) atoms. The van der Waals surface area contributed by atoms with E-state index in [9.17, 15) is 8.42 Å². The third-order valence-electron chi connectivity index (χ3n) is 2.85. The number of hydrogen-bond donors (Lipinski definition) is 0. The lowest BCUT2D eigenvalue weighted by molar-refractivity contribution is 0.353. The highest BCUT2D eigenvalue weighted by atomic mass is 32.2.